The molecule has 6 nitrogen and oxygen atoms in total. The van der Waals surface area contributed by atoms with Crippen LogP contribution in [0.25, 0.3) is 0 Å². The Morgan fingerprint density at radius 1 is 1.00 bits per heavy atom. The zero-order chi connectivity index (χ0) is 22.0. The maximum atomic E-state index is 12.8. The number of aryl methyl sites for hydroxylation is 2. The van der Waals surface area contributed by atoms with Gasteiger partial charge in [-0.25, -0.2) is 4.79 Å². The Balaban J connectivity index is 2.18. The Kier molecular flexibility index (Phi) is 6.31. The van der Waals surface area contributed by atoms with Gasteiger partial charge in [0, 0.05) is 5.70 Å². The average Bonchev–Trinajstić information content (AvgIpc) is 2.74. The first-order valence-corrected chi connectivity index (χ1v) is 9.92. The van der Waals surface area contributed by atoms with Gasteiger partial charge in [-0.3, -0.25) is 4.90 Å². The molecule has 0 amide bonds. The number of nitrogens with zero attached hydrogens (tertiary/aromatic N) is 1. The van der Waals surface area contributed by atoms with E-state index in [1.165, 1.54) is 7.11 Å². The molecule has 1 N–H and O–H groups in total. The number of nitrogens with one attached hydrogen (secondary N) is 1. The molecule has 2 aromatic carbocycles. The summed E-state index contributed by atoms with van der Waals surface area (Å²) >= 11 is 5.72. The highest BCUT2D eigenvalue weighted by Crippen LogP contribution is 2.38. The van der Waals surface area contributed by atoms with Crippen molar-refractivity contribution in [2.75, 3.05) is 26.2 Å². The molecule has 1 heterocycles. The lowest BCUT2D eigenvalue weighted by atomic mass is 9.94. The van der Waals surface area contributed by atoms with Crippen LogP contribution in [0.4, 0.5) is 5.69 Å². The molecule has 0 bridgehead atoms. The van der Waals surface area contributed by atoms with Gasteiger partial charge in [-0.2, -0.15) is 0 Å². The molecule has 2 aromatic rings. The number of carbonyl (C=O) groups is 1. The highest BCUT2D eigenvalue weighted by molar-refractivity contribution is 7.80. The maximum Gasteiger partial charge on any atom is 0.337 e. The third-order valence-electron chi connectivity index (χ3n) is 5.24. The van der Waals surface area contributed by atoms with E-state index >= 15 is 0 Å². The third kappa shape index (κ3) is 3.85. The molecule has 1 atom stereocenters. The van der Waals surface area contributed by atoms with E-state index in [9.17, 15) is 4.79 Å². The Labute approximate surface area is 182 Å². The van der Waals surface area contributed by atoms with Crippen molar-refractivity contribution in [2.45, 2.75) is 26.8 Å². The summed E-state index contributed by atoms with van der Waals surface area (Å²) in [5.41, 5.74) is 5.11. The standard InChI is InChI=1S/C23H26N2O4S/c1-13-7-8-14(2)17(11-13)25-15(3)20(22(26)29-6)21(24-23(25)30)16-9-10-18(27-4)19(12-16)28-5/h7-12,21H,1-6H3,(H,24,30). The Morgan fingerprint density at radius 3 is 2.33 bits per heavy atom. The van der Waals surface area contributed by atoms with Gasteiger partial charge in [0.15, 0.2) is 16.6 Å². The number of esters is 1. The van der Waals surface area contributed by atoms with Crippen LogP contribution >= 0.6 is 12.2 Å². The molecule has 7 heteroatoms. The summed E-state index contributed by atoms with van der Waals surface area (Å²) in [6, 6.07) is 11.2. The second-order valence-corrected chi connectivity index (χ2v) is 7.50. The van der Waals surface area contributed by atoms with Crippen molar-refractivity contribution >= 4 is 29.0 Å². The molecule has 1 unspecified atom stereocenters. The normalized spacial score (nSPS) is 16.3. The van der Waals surface area contributed by atoms with E-state index in [1.54, 1.807) is 20.3 Å². The molecule has 0 saturated heterocycles. The van der Waals surface area contributed by atoms with Crippen LogP contribution < -0.4 is 19.7 Å². The molecule has 30 heavy (non-hydrogen) atoms. The first-order chi connectivity index (χ1) is 14.3. The van der Waals surface area contributed by atoms with Gasteiger partial charge in [0.25, 0.3) is 0 Å². The number of hydrogen-bond acceptors (Lipinski definition) is 5. The molecule has 3 rings (SSSR count). The number of benzene rings is 2. The maximum absolute atomic E-state index is 12.8. The average molecular weight is 427 g/mol. The van der Waals surface area contributed by atoms with E-state index < -0.39 is 12.0 Å². The molecule has 1 aliphatic heterocycles. The summed E-state index contributed by atoms with van der Waals surface area (Å²) in [6.07, 6.45) is 0. The smallest absolute Gasteiger partial charge is 0.337 e. The van der Waals surface area contributed by atoms with Crippen molar-refractivity contribution in [1.82, 2.24) is 5.32 Å². The first kappa shape index (κ1) is 21.6. The van der Waals surface area contributed by atoms with Crippen LogP contribution in [0.1, 0.15) is 29.7 Å². The van der Waals surface area contributed by atoms with E-state index in [4.69, 9.17) is 26.4 Å². The van der Waals surface area contributed by atoms with Gasteiger partial charge >= 0.3 is 5.97 Å². The fourth-order valence-corrected chi connectivity index (χ4v) is 4.00. The van der Waals surface area contributed by atoms with Crippen molar-refractivity contribution in [3.63, 3.8) is 0 Å². The van der Waals surface area contributed by atoms with Crippen LogP contribution in [-0.2, 0) is 9.53 Å². The van der Waals surface area contributed by atoms with Crippen LogP contribution in [0, 0.1) is 13.8 Å². The van der Waals surface area contributed by atoms with Crippen LogP contribution in [0.15, 0.2) is 47.7 Å². The summed E-state index contributed by atoms with van der Waals surface area (Å²) in [5, 5.41) is 3.82. The third-order valence-corrected chi connectivity index (χ3v) is 5.54. The number of thiocarbonyl (C=S) groups is 1. The zero-order valence-corrected chi connectivity index (χ0v) is 18.8. The number of rotatable bonds is 5. The first-order valence-electron chi connectivity index (χ1n) is 9.51. The largest absolute Gasteiger partial charge is 0.493 e. The predicted molar refractivity (Wildman–Crippen MR) is 121 cm³/mol. The summed E-state index contributed by atoms with van der Waals surface area (Å²) < 4.78 is 15.9. The number of hydrogen-bond donors (Lipinski definition) is 1. The lowest BCUT2D eigenvalue weighted by molar-refractivity contribution is -0.136. The zero-order valence-electron chi connectivity index (χ0n) is 18.0. The van der Waals surface area contributed by atoms with Crippen molar-refractivity contribution in [3.8, 4) is 11.5 Å². The van der Waals surface area contributed by atoms with Crippen LogP contribution in [0.2, 0.25) is 0 Å². The number of ether oxygens (including phenoxy) is 3. The van der Waals surface area contributed by atoms with Gasteiger partial charge in [-0.1, -0.05) is 18.2 Å². The molecule has 0 fully saturated rings. The fourth-order valence-electron chi connectivity index (χ4n) is 3.65. The summed E-state index contributed by atoms with van der Waals surface area (Å²) in [4.78, 5) is 14.7. The molecule has 0 spiro atoms. The second kappa shape index (κ2) is 8.75. The molecule has 0 saturated carbocycles. The summed E-state index contributed by atoms with van der Waals surface area (Å²) in [7, 11) is 4.53. The van der Waals surface area contributed by atoms with E-state index in [1.807, 2.05) is 49.9 Å². The van der Waals surface area contributed by atoms with Gasteiger partial charge in [-0.15, -0.1) is 0 Å². The molecule has 158 valence electrons. The highest BCUT2D eigenvalue weighted by atomic mass is 32.1. The number of carbonyl (C=O) groups excluding carboxylic acids is 1. The van der Waals surface area contributed by atoms with Crippen LogP contribution in [-0.4, -0.2) is 32.4 Å². The van der Waals surface area contributed by atoms with Gasteiger partial charge < -0.3 is 19.5 Å². The predicted octanol–water partition coefficient (Wildman–Crippen LogP) is 4.20. The van der Waals surface area contributed by atoms with Gasteiger partial charge in [0.1, 0.15) is 0 Å². The van der Waals surface area contributed by atoms with Crippen molar-refractivity contribution < 1.29 is 19.0 Å². The fraction of sp³-hybridized carbons (Fsp3) is 0.304. The minimum atomic E-state index is -0.480. The van der Waals surface area contributed by atoms with Gasteiger partial charge in [-0.05, 0) is 67.9 Å². The lowest BCUT2D eigenvalue weighted by Gasteiger charge is -2.38. The SMILES string of the molecule is COC(=O)C1=C(C)N(c2cc(C)ccc2C)C(=S)NC1c1ccc(OC)c(OC)c1. The van der Waals surface area contributed by atoms with Gasteiger partial charge in [0.05, 0.1) is 38.6 Å². The van der Waals surface area contributed by atoms with Crippen LogP contribution in [0.3, 0.4) is 0 Å². The molecular weight excluding hydrogens is 400 g/mol. The number of methoxy groups -OCH3 is 3. The van der Waals surface area contributed by atoms with E-state index in [0.717, 1.165) is 28.1 Å². The molecule has 0 aliphatic carbocycles. The van der Waals surface area contributed by atoms with E-state index in [2.05, 4.69) is 11.4 Å². The van der Waals surface area contributed by atoms with Gasteiger partial charge in [0.2, 0.25) is 0 Å². The van der Waals surface area contributed by atoms with Crippen molar-refractivity contribution in [1.29, 1.82) is 0 Å². The van der Waals surface area contributed by atoms with E-state index in [-0.39, 0.29) is 0 Å². The summed E-state index contributed by atoms with van der Waals surface area (Å²) in [6.45, 7) is 5.92. The molecule has 1 aliphatic rings. The molecule has 0 aromatic heterocycles. The highest BCUT2D eigenvalue weighted by Gasteiger charge is 2.36. The monoisotopic (exact) mass is 426 g/mol. The molecule has 0 radical (unpaired) electrons. The Hall–Kier alpha value is -3.06. The Morgan fingerprint density at radius 2 is 1.70 bits per heavy atom. The van der Waals surface area contributed by atoms with Crippen LogP contribution in [0.5, 0.6) is 11.5 Å². The quantitative estimate of drug-likeness (QED) is 0.568. The minimum Gasteiger partial charge on any atom is -0.493 e. The number of allylic oxidation sites excluding steroid dienone is 1. The minimum absolute atomic E-state index is 0.419. The second-order valence-electron chi connectivity index (χ2n) is 7.11. The lowest BCUT2D eigenvalue weighted by Crippen LogP contribution is -2.48. The Bertz CT molecular complexity index is 1030. The van der Waals surface area contributed by atoms with Crippen molar-refractivity contribution in [2.24, 2.45) is 0 Å². The number of anilines is 1. The topological polar surface area (TPSA) is 60.0 Å². The van der Waals surface area contributed by atoms with Crippen molar-refractivity contribution in [3.05, 3.63) is 64.4 Å². The molecular formula is C23H26N2O4S. The summed E-state index contributed by atoms with van der Waals surface area (Å²) in [5.74, 6) is 0.760. The van der Waals surface area contributed by atoms with E-state index in [0.29, 0.717) is 22.2 Å².